The highest BCUT2D eigenvalue weighted by atomic mass is 35.5. The molecule has 2 rings (SSSR count). The lowest BCUT2D eigenvalue weighted by atomic mass is 10.0. The average molecular weight is 431 g/mol. The zero-order valence-corrected chi connectivity index (χ0v) is 18.5. The SMILES string of the molecule is CCCC(=O)N(Cc1ccc(Cl)cc1)[C@H](Cc1ccccc1)C(=O)NCCCOC. The second kappa shape index (κ2) is 13.0. The van der Waals surface area contributed by atoms with Crippen LogP contribution in [-0.4, -0.2) is 43.0 Å². The lowest BCUT2D eigenvalue weighted by molar-refractivity contribution is -0.141. The Hall–Kier alpha value is -2.37. The van der Waals surface area contributed by atoms with Gasteiger partial charge in [-0.2, -0.15) is 0 Å². The summed E-state index contributed by atoms with van der Waals surface area (Å²) in [6.07, 6.45) is 2.31. The summed E-state index contributed by atoms with van der Waals surface area (Å²) >= 11 is 6.01. The molecule has 0 radical (unpaired) electrons. The molecule has 30 heavy (non-hydrogen) atoms. The molecule has 5 nitrogen and oxygen atoms in total. The molecule has 2 aromatic carbocycles. The predicted molar refractivity (Wildman–Crippen MR) is 120 cm³/mol. The number of hydrogen-bond donors (Lipinski definition) is 1. The van der Waals surface area contributed by atoms with E-state index in [-0.39, 0.29) is 11.8 Å². The van der Waals surface area contributed by atoms with Crippen molar-refractivity contribution in [2.75, 3.05) is 20.3 Å². The van der Waals surface area contributed by atoms with Crippen LogP contribution in [0, 0.1) is 0 Å². The van der Waals surface area contributed by atoms with Gasteiger partial charge in [0.1, 0.15) is 6.04 Å². The smallest absolute Gasteiger partial charge is 0.243 e. The van der Waals surface area contributed by atoms with Crippen molar-refractivity contribution in [1.82, 2.24) is 10.2 Å². The molecule has 0 unspecified atom stereocenters. The largest absolute Gasteiger partial charge is 0.385 e. The normalized spacial score (nSPS) is 11.7. The predicted octanol–water partition coefficient (Wildman–Crippen LogP) is 4.23. The van der Waals surface area contributed by atoms with E-state index in [1.54, 1.807) is 24.1 Å². The van der Waals surface area contributed by atoms with Crippen LogP contribution in [0.5, 0.6) is 0 Å². The van der Waals surface area contributed by atoms with Crippen molar-refractivity contribution in [2.45, 2.75) is 45.2 Å². The minimum Gasteiger partial charge on any atom is -0.385 e. The van der Waals surface area contributed by atoms with Gasteiger partial charge in [-0.05, 0) is 36.1 Å². The van der Waals surface area contributed by atoms with Crippen molar-refractivity contribution >= 4 is 23.4 Å². The van der Waals surface area contributed by atoms with Crippen molar-refractivity contribution in [2.24, 2.45) is 0 Å². The number of benzene rings is 2. The Morgan fingerprint density at radius 2 is 1.77 bits per heavy atom. The first-order chi connectivity index (χ1) is 14.5. The Morgan fingerprint density at radius 1 is 1.07 bits per heavy atom. The van der Waals surface area contributed by atoms with Gasteiger partial charge in [0.05, 0.1) is 0 Å². The molecule has 2 amide bonds. The van der Waals surface area contributed by atoms with Crippen molar-refractivity contribution in [1.29, 1.82) is 0 Å². The zero-order chi connectivity index (χ0) is 21.8. The molecule has 0 aliphatic carbocycles. The Labute approximate surface area is 184 Å². The minimum absolute atomic E-state index is 0.0274. The quantitative estimate of drug-likeness (QED) is 0.512. The number of hydrogen-bond acceptors (Lipinski definition) is 3. The van der Waals surface area contributed by atoms with Crippen LogP contribution >= 0.6 is 11.6 Å². The fraction of sp³-hybridized carbons (Fsp3) is 0.417. The highest BCUT2D eigenvalue weighted by Crippen LogP contribution is 2.18. The summed E-state index contributed by atoms with van der Waals surface area (Å²) in [7, 11) is 1.64. The third-order valence-electron chi connectivity index (χ3n) is 4.83. The van der Waals surface area contributed by atoms with Gasteiger partial charge in [0.2, 0.25) is 11.8 Å². The van der Waals surface area contributed by atoms with E-state index in [0.29, 0.717) is 37.6 Å². The molecule has 0 aromatic heterocycles. The van der Waals surface area contributed by atoms with Crippen LogP contribution in [0.3, 0.4) is 0 Å². The van der Waals surface area contributed by atoms with E-state index in [9.17, 15) is 9.59 Å². The Kier molecular flexibility index (Phi) is 10.4. The number of rotatable bonds is 12. The van der Waals surface area contributed by atoms with Gasteiger partial charge in [0.15, 0.2) is 0 Å². The van der Waals surface area contributed by atoms with Crippen molar-refractivity contribution in [3.05, 3.63) is 70.7 Å². The molecule has 1 atom stereocenters. The highest BCUT2D eigenvalue weighted by Gasteiger charge is 2.29. The first-order valence-corrected chi connectivity index (χ1v) is 10.8. The van der Waals surface area contributed by atoms with E-state index in [1.807, 2.05) is 49.4 Å². The Morgan fingerprint density at radius 3 is 2.40 bits per heavy atom. The van der Waals surface area contributed by atoms with Crippen molar-refractivity contribution < 1.29 is 14.3 Å². The minimum atomic E-state index is -0.593. The fourth-order valence-electron chi connectivity index (χ4n) is 3.24. The fourth-order valence-corrected chi connectivity index (χ4v) is 3.37. The van der Waals surface area contributed by atoms with E-state index >= 15 is 0 Å². The van der Waals surface area contributed by atoms with Gasteiger partial charge in [-0.3, -0.25) is 9.59 Å². The first-order valence-electron chi connectivity index (χ1n) is 10.4. The van der Waals surface area contributed by atoms with Gasteiger partial charge in [-0.25, -0.2) is 0 Å². The lowest BCUT2D eigenvalue weighted by Gasteiger charge is -2.31. The second-order valence-electron chi connectivity index (χ2n) is 7.24. The van der Waals surface area contributed by atoms with Gasteiger partial charge >= 0.3 is 0 Å². The number of nitrogens with one attached hydrogen (secondary N) is 1. The zero-order valence-electron chi connectivity index (χ0n) is 17.8. The summed E-state index contributed by atoms with van der Waals surface area (Å²) in [6.45, 7) is 3.41. The monoisotopic (exact) mass is 430 g/mol. The highest BCUT2D eigenvalue weighted by molar-refractivity contribution is 6.30. The maximum atomic E-state index is 13.1. The molecular formula is C24H31ClN2O3. The lowest BCUT2D eigenvalue weighted by Crippen LogP contribution is -2.50. The molecule has 0 heterocycles. The van der Waals surface area contributed by atoms with E-state index in [4.69, 9.17) is 16.3 Å². The summed E-state index contributed by atoms with van der Waals surface area (Å²) in [4.78, 5) is 27.9. The molecule has 1 N–H and O–H groups in total. The number of amides is 2. The van der Waals surface area contributed by atoms with Gasteiger partial charge in [-0.1, -0.05) is 61.0 Å². The van der Waals surface area contributed by atoms with Gasteiger partial charge in [0, 0.05) is 44.7 Å². The number of nitrogens with zero attached hydrogens (tertiary/aromatic N) is 1. The van der Waals surface area contributed by atoms with Crippen molar-refractivity contribution in [3.63, 3.8) is 0 Å². The average Bonchev–Trinajstić information content (AvgIpc) is 2.75. The molecule has 6 heteroatoms. The molecule has 162 valence electrons. The molecule has 0 spiro atoms. The molecule has 0 saturated carbocycles. The topological polar surface area (TPSA) is 58.6 Å². The molecule has 0 aliphatic heterocycles. The number of methoxy groups -OCH3 is 1. The van der Waals surface area contributed by atoms with Crippen molar-refractivity contribution in [3.8, 4) is 0 Å². The Balaban J connectivity index is 2.27. The summed E-state index contributed by atoms with van der Waals surface area (Å²) in [6, 6.07) is 16.6. The summed E-state index contributed by atoms with van der Waals surface area (Å²) in [5.74, 6) is -0.172. The molecule has 0 fully saturated rings. The van der Waals surface area contributed by atoms with E-state index in [1.165, 1.54) is 0 Å². The third-order valence-corrected chi connectivity index (χ3v) is 5.08. The van der Waals surface area contributed by atoms with E-state index in [2.05, 4.69) is 5.32 Å². The van der Waals surface area contributed by atoms with Crippen LogP contribution in [-0.2, 0) is 27.3 Å². The van der Waals surface area contributed by atoms with Crippen LogP contribution in [0.4, 0.5) is 0 Å². The van der Waals surface area contributed by atoms with Gasteiger partial charge in [-0.15, -0.1) is 0 Å². The number of ether oxygens (including phenoxy) is 1. The van der Waals surface area contributed by atoms with Crippen LogP contribution in [0.2, 0.25) is 5.02 Å². The number of carbonyl (C=O) groups is 2. The van der Waals surface area contributed by atoms with Crippen LogP contribution < -0.4 is 5.32 Å². The van der Waals surface area contributed by atoms with Crippen LogP contribution in [0.1, 0.15) is 37.3 Å². The standard InChI is InChI=1S/C24H31ClN2O3/c1-3-8-23(28)27(18-20-11-13-21(25)14-12-20)22(17-19-9-5-4-6-10-19)24(29)26-15-7-16-30-2/h4-6,9-14,22H,3,7-8,15-18H2,1-2H3,(H,26,29)/t22-/m1/s1. The van der Waals surface area contributed by atoms with Crippen LogP contribution in [0.25, 0.3) is 0 Å². The number of halogens is 1. The summed E-state index contributed by atoms with van der Waals surface area (Å²) in [5, 5.41) is 3.62. The summed E-state index contributed by atoms with van der Waals surface area (Å²) < 4.78 is 5.06. The third kappa shape index (κ3) is 7.81. The van der Waals surface area contributed by atoms with Gasteiger partial charge in [0.25, 0.3) is 0 Å². The first kappa shape index (κ1) is 23.9. The molecule has 0 saturated heterocycles. The molecule has 0 bridgehead atoms. The molecular weight excluding hydrogens is 400 g/mol. The van der Waals surface area contributed by atoms with Crippen LogP contribution in [0.15, 0.2) is 54.6 Å². The Bertz CT molecular complexity index is 781. The summed E-state index contributed by atoms with van der Waals surface area (Å²) in [5.41, 5.74) is 1.95. The molecule has 2 aromatic rings. The number of carbonyl (C=O) groups excluding carboxylic acids is 2. The maximum Gasteiger partial charge on any atom is 0.243 e. The molecule has 0 aliphatic rings. The maximum absolute atomic E-state index is 13.1. The second-order valence-corrected chi connectivity index (χ2v) is 7.68. The van der Waals surface area contributed by atoms with Gasteiger partial charge < -0.3 is 15.0 Å². The van der Waals surface area contributed by atoms with E-state index in [0.717, 1.165) is 24.0 Å². The van der Waals surface area contributed by atoms with E-state index < -0.39 is 6.04 Å².